The van der Waals surface area contributed by atoms with Crippen LogP contribution in [0.5, 0.6) is 0 Å². The van der Waals surface area contributed by atoms with Crippen LogP contribution < -0.4 is 5.32 Å². The Hall–Kier alpha value is -0.590. The first kappa shape index (κ1) is 13.4. The third-order valence-electron chi connectivity index (χ3n) is 5.03. The van der Waals surface area contributed by atoms with E-state index in [1.54, 1.807) is 0 Å². The average Bonchev–Trinajstić information content (AvgIpc) is 3.17. The molecule has 0 radical (unpaired) electrons. The third-order valence-corrected chi connectivity index (χ3v) is 5.03. The van der Waals surface area contributed by atoms with Crippen LogP contribution in [0.3, 0.4) is 0 Å². The second-order valence-electron chi connectivity index (χ2n) is 6.81. The van der Waals surface area contributed by atoms with Crippen molar-refractivity contribution in [3.8, 4) is 6.07 Å². The second-order valence-corrected chi connectivity index (χ2v) is 6.81. The molecule has 106 valence electrons. The van der Waals surface area contributed by atoms with Gasteiger partial charge in [-0.15, -0.1) is 0 Å². The monoisotopic (exact) mass is 262 g/mol. The largest absolute Gasteiger partial charge is 0.378 e. The molecule has 3 aliphatic carbocycles. The van der Waals surface area contributed by atoms with Gasteiger partial charge in [0.1, 0.15) is 5.54 Å². The summed E-state index contributed by atoms with van der Waals surface area (Å²) in [5.74, 6) is 0.780. The lowest BCUT2D eigenvalue weighted by molar-refractivity contribution is 0.0221. The summed E-state index contributed by atoms with van der Waals surface area (Å²) in [6.45, 7) is 0.926. The predicted octanol–water partition coefficient (Wildman–Crippen LogP) is 3.15. The van der Waals surface area contributed by atoms with E-state index in [4.69, 9.17) is 4.74 Å². The molecule has 19 heavy (non-hydrogen) atoms. The van der Waals surface area contributed by atoms with Crippen molar-refractivity contribution in [2.45, 2.75) is 81.9 Å². The smallest absolute Gasteiger partial charge is 0.109 e. The van der Waals surface area contributed by atoms with E-state index in [1.165, 1.54) is 44.9 Å². The van der Waals surface area contributed by atoms with E-state index in [2.05, 4.69) is 11.4 Å². The minimum atomic E-state index is -0.279. The summed E-state index contributed by atoms with van der Waals surface area (Å²) >= 11 is 0. The van der Waals surface area contributed by atoms with E-state index in [1.807, 2.05) is 0 Å². The molecule has 3 saturated carbocycles. The molecule has 1 N–H and O–H groups in total. The molecule has 0 aromatic heterocycles. The summed E-state index contributed by atoms with van der Waals surface area (Å²) in [5.41, 5.74) is -0.279. The lowest BCUT2D eigenvalue weighted by Crippen LogP contribution is -2.43. The number of nitrogens with zero attached hydrogens (tertiary/aromatic N) is 1. The van der Waals surface area contributed by atoms with Crippen LogP contribution >= 0.6 is 0 Å². The van der Waals surface area contributed by atoms with Gasteiger partial charge >= 0.3 is 0 Å². The molecular weight excluding hydrogens is 236 g/mol. The Labute approximate surface area is 116 Å². The maximum atomic E-state index is 9.46. The van der Waals surface area contributed by atoms with Gasteiger partial charge in [-0.25, -0.2) is 0 Å². The highest BCUT2D eigenvalue weighted by atomic mass is 16.5. The van der Waals surface area contributed by atoms with E-state index in [0.29, 0.717) is 12.1 Å². The number of ether oxygens (including phenoxy) is 1. The average molecular weight is 262 g/mol. The summed E-state index contributed by atoms with van der Waals surface area (Å²) in [6, 6.07) is 3.13. The lowest BCUT2D eigenvalue weighted by atomic mass is 9.90. The van der Waals surface area contributed by atoms with Crippen LogP contribution in [0.25, 0.3) is 0 Å². The van der Waals surface area contributed by atoms with Crippen molar-refractivity contribution in [1.29, 1.82) is 5.26 Å². The number of nitriles is 1. The molecule has 3 nitrogen and oxygen atoms in total. The third kappa shape index (κ3) is 3.49. The van der Waals surface area contributed by atoms with Gasteiger partial charge in [0.25, 0.3) is 0 Å². The van der Waals surface area contributed by atoms with Crippen LogP contribution in [-0.4, -0.2) is 24.3 Å². The van der Waals surface area contributed by atoms with Gasteiger partial charge in [-0.1, -0.05) is 19.3 Å². The van der Waals surface area contributed by atoms with Crippen molar-refractivity contribution in [2.75, 3.05) is 6.61 Å². The van der Waals surface area contributed by atoms with Crippen molar-refractivity contribution in [3.05, 3.63) is 0 Å². The summed E-state index contributed by atoms with van der Waals surface area (Å²) in [7, 11) is 0. The van der Waals surface area contributed by atoms with E-state index >= 15 is 0 Å². The van der Waals surface area contributed by atoms with Crippen molar-refractivity contribution in [1.82, 2.24) is 5.32 Å². The fourth-order valence-corrected chi connectivity index (χ4v) is 3.65. The first-order valence-electron chi connectivity index (χ1n) is 8.10. The van der Waals surface area contributed by atoms with E-state index in [9.17, 15) is 5.26 Å². The summed E-state index contributed by atoms with van der Waals surface area (Å²) < 4.78 is 6.11. The summed E-state index contributed by atoms with van der Waals surface area (Å²) in [4.78, 5) is 0. The molecule has 2 unspecified atom stereocenters. The maximum absolute atomic E-state index is 9.46. The zero-order valence-electron chi connectivity index (χ0n) is 11.9. The van der Waals surface area contributed by atoms with Crippen LogP contribution in [0.1, 0.15) is 64.2 Å². The SMILES string of the molecule is N#CC1(NC2CC2)CCC(OCC2CCCCC2)C1. The maximum Gasteiger partial charge on any atom is 0.109 e. The van der Waals surface area contributed by atoms with Crippen molar-refractivity contribution >= 4 is 0 Å². The van der Waals surface area contributed by atoms with Gasteiger partial charge in [0.15, 0.2) is 0 Å². The quantitative estimate of drug-likeness (QED) is 0.828. The van der Waals surface area contributed by atoms with Crippen LogP contribution in [0, 0.1) is 17.2 Å². The molecule has 0 aromatic carbocycles. The molecule has 0 aliphatic heterocycles. The normalized spacial score (nSPS) is 36.3. The minimum Gasteiger partial charge on any atom is -0.378 e. The topological polar surface area (TPSA) is 45.0 Å². The number of hydrogen-bond donors (Lipinski definition) is 1. The number of hydrogen-bond acceptors (Lipinski definition) is 3. The molecular formula is C16H26N2O. The highest BCUT2D eigenvalue weighted by molar-refractivity contribution is 5.14. The molecule has 3 fully saturated rings. The molecule has 0 spiro atoms. The molecule has 0 aromatic rings. The second kappa shape index (κ2) is 5.81. The van der Waals surface area contributed by atoms with Gasteiger partial charge in [-0.3, -0.25) is 5.32 Å². The Balaban J connectivity index is 1.44. The van der Waals surface area contributed by atoms with Crippen LogP contribution in [0.15, 0.2) is 0 Å². The van der Waals surface area contributed by atoms with Gasteiger partial charge < -0.3 is 4.74 Å². The van der Waals surface area contributed by atoms with Gasteiger partial charge in [-0.05, 0) is 44.4 Å². The lowest BCUT2D eigenvalue weighted by Gasteiger charge is -2.25. The Morgan fingerprint density at radius 2 is 1.89 bits per heavy atom. The van der Waals surface area contributed by atoms with Crippen LogP contribution in [0.4, 0.5) is 0 Å². The van der Waals surface area contributed by atoms with Crippen molar-refractivity contribution in [3.63, 3.8) is 0 Å². The van der Waals surface area contributed by atoms with Crippen molar-refractivity contribution in [2.24, 2.45) is 5.92 Å². The number of rotatable bonds is 5. The fourth-order valence-electron chi connectivity index (χ4n) is 3.65. The van der Waals surface area contributed by atoms with Gasteiger partial charge in [0.05, 0.1) is 12.2 Å². The zero-order chi connectivity index (χ0) is 13.1. The van der Waals surface area contributed by atoms with Gasteiger partial charge in [0, 0.05) is 19.1 Å². The fraction of sp³-hybridized carbons (Fsp3) is 0.938. The summed E-state index contributed by atoms with van der Waals surface area (Å²) in [5, 5.41) is 13.0. The Morgan fingerprint density at radius 3 is 2.58 bits per heavy atom. The number of nitrogens with one attached hydrogen (secondary N) is 1. The Kier molecular flexibility index (Phi) is 4.10. The minimum absolute atomic E-state index is 0.279. The first-order chi connectivity index (χ1) is 9.30. The zero-order valence-corrected chi connectivity index (χ0v) is 11.9. The highest BCUT2D eigenvalue weighted by Crippen LogP contribution is 2.35. The first-order valence-corrected chi connectivity index (χ1v) is 8.10. The van der Waals surface area contributed by atoms with Crippen molar-refractivity contribution < 1.29 is 4.74 Å². The van der Waals surface area contributed by atoms with E-state index in [0.717, 1.165) is 31.8 Å². The van der Waals surface area contributed by atoms with E-state index in [-0.39, 0.29) is 5.54 Å². The Morgan fingerprint density at radius 1 is 1.11 bits per heavy atom. The van der Waals surface area contributed by atoms with E-state index < -0.39 is 0 Å². The molecule has 2 atom stereocenters. The molecule has 3 aliphatic rings. The Bertz CT molecular complexity index is 341. The predicted molar refractivity (Wildman–Crippen MR) is 74.7 cm³/mol. The van der Waals surface area contributed by atoms with Crippen LogP contribution in [-0.2, 0) is 4.74 Å². The molecule has 3 heteroatoms. The molecule has 0 amide bonds. The summed E-state index contributed by atoms with van der Waals surface area (Å²) in [6.07, 6.45) is 12.6. The molecule has 3 rings (SSSR count). The molecule has 0 saturated heterocycles. The van der Waals surface area contributed by atoms with Crippen LogP contribution in [0.2, 0.25) is 0 Å². The molecule has 0 heterocycles. The molecule has 0 bridgehead atoms. The highest BCUT2D eigenvalue weighted by Gasteiger charge is 2.43. The standard InChI is InChI=1S/C16H26N2O/c17-12-16(18-14-6-7-14)9-8-15(10-16)19-11-13-4-2-1-3-5-13/h13-15,18H,1-11H2. The van der Waals surface area contributed by atoms with Gasteiger partial charge in [0.2, 0.25) is 0 Å². The van der Waals surface area contributed by atoms with Gasteiger partial charge in [-0.2, -0.15) is 5.26 Å².